The van der Waals surface area contributed by atoms with Gasteiger partial charge in [-0.15, -0.1) is 0 Å². The van der Waals surface area contributed by atoms with Gasteiger partial charge in [0.15, 0.2) is 6.29 Å². The highest BCUT2D eigenvalue weighted by Gasteiger charge is 2.16. The quantitative estimate of drug-likeness (QED) is 0.392. The fraction of sp³-hybridized carbons (Fsp3) is 0.308. The molecule has 1 aliphatic heterocycles. The average molecular weight is 498 g/mol. The van der Waals surface area contributed by atoms with E-state index >= 15 is 0 Å². The van der Waals surface area contributed by atoms with Gasteiger partial charge in [0.1, 0.15) is 30.5 Å². The molecule has 2 atom stereocenters. The molecule has 4 rings (SSSR count). The van der Waals surface area contributed by atoms with Crippen LogP contribution in [0.3, 0.4) is 0 Å². The van der Waals surface area contributed by atoms with Gasteiger partial charge in [-0.05, 0) is 64.2 Å². The van der Waals surface area contributed by atoms with Crippen LogP contribution < -0.4 is 19.9 Å². The van der Waals surface area contributed by atoms with Crippen molar-refractivity contribution in [3.63, 3.8) is 0 Å². The van der Waals surface area contributed by atoms with Crippen LogP contribution in [0.2, 0.25) is 0 Å². The number of benzene rings is 3. The Labute approximate surface area is 197 Å². The predicted octanol–water partition coefficient (Wildman–Crippen LogP) is 6.01. The van der Waals surface area contributed by atoms with Gasteiger partial charge in [-0.1, -0.05) is 42.5 Å². The van der Waals surface area contributed by atoms with E-state index in [1.807, 2.05) is 72.8 Å². The van der Waals surface area contributed by atoms with E-state index in [0.29, 0.717) is 19.0 Å². The monoisotopic (exact) mass is 497 g/mol. The van der Waals surface area contributed by atoms with Crippen LogP contribution in [0.25, 0.3) is 0 Å². The minimum Gasteiger partial charge on any atom is -0.490 e. The van der Waals surface area contributed by atoms with E-state index in [4.69, 9.17) is 24.7 Å². The maximum Gasteiger partial charge on any atom is 0.199 e. The van der Waals surface area contributed by atoms with Crippen molar-refractivity contribution in [1.82, 2.24) is 0 Å². The van der Waals surface area contributed by atoms with Crippen molar-refractivity contribution in [1.29, 1.82) is 0 Å². The highest BCUT2D eigenvalue weighted by Crippen LogP contribution is 2.31. The zero-order valence-corrected chi connectivity index (χ0v) is 19.5. The molecule has 168 valence electrons. The van der Waals surface area contributed by atoms with Crippen molar-refractivity contribution in [2.45, 2.75) is 38.2 Å². The Balaban J connectivity index is 1.30. The van der Waals surface area contributed by atoms with Crippen molar-refractivity contribution in [2.75, 3.05) is 13.2 Å². The van der Waals surface area contributed by atoms with Gasteiger partial charge < -0.3 is 24.7 Å². The molecule has 0 saturated carbocycles. The summed E-state index contributed by atoms with van der Waals surface area (Å²) < 4.78 is 24.3. The minimum absolute atomic E-state index is 0.152. The largest absolute Gasteiger partial charge is 0.490 e. The summed E-state index contributed by atoms with van der Waals surface area (Å²) in [5, 5.41) is 0. The third-order valence-electron chi connectivity index (χ3n) is 5.28. The van der Waals surface area contributed by atoms with E-state index in [0.717, 1.165) is 53.0 Å². The molecule has 1 fully saturated rings. The van der Waals surface area contributed by atoms with Crippen LogP contribution in [0, 0.1) is 0 Å². The number of hydrogen-bond donors (Lipinski definition) is 1. The van der Waals surface area contributed by atoms with Gasteiger partial charge in [-0.3, -0.25) is 0 Å². The van der Waals surface area contributed by atoms with Crippen LogP contribution in [0.4, 0.5) is 0 Å². The van der Waals surface area contributed by atoms with Gasteiger partial charge in [-0.25, -0.2) is 0 Å². The van der Waals surface area contributed by atoms with Crippen LogP contribution in [0.5, 0.6) is 17.2 Å². The van der Waals surface area contributed by atoms with Crippen molar-refractivity contribution >= 4 is 15.9 Å². The molecular weight excluding hydrogens is 470 g/mol. The zero-order valence-electron chi connectivity index (χ0n) is 17.9. The summed E-state index contributed by atoms with van der Waals surface area (Å²) in [6.07, 6.45) is 3.02. The van der Waals surface area contributed by atoms with E-state index < -0.39 is 0 Å². The van der Waals surface area contributed by atoms with Crippen LogP contribution in [-0.2, 0) is 11.3 Å². The van der Waals surface area contributed by atoms with Crippen LogP contribution in [0.15, 0.2) is 77.3 Å². The van der Waals surface area contributed by atoms with E-state index in [1.165, 1.54) is 0 Å². The van der Waals surface area contributed by atoms with E-state index in [-0.39, 0.29) is 12.3 Å². The molecule has 1 unspecified atom stereocenters. The molecule has 5 nitrogen and oxygen atoms in total. The molecule has 0 aromatic heterocycles. The number of ether oxygens (including phenoxy) is 4. The highest BCUT2D eigenvalue weighted by atomic mass is 79.9. The van der Waals surface area contributed by atoms with Gasteiger partial charge in [0, 0.05) is 12.5 Å². The molecule has 1 saturated heterocycles. The maximum absolute atomic E-state index is 6.36. The first-order valence-electron chi connectivity index (χ1n) is 10.9. The summed E-state index contributed by atoms with van der Waals surface area (Å²) >= 11 is 3.54. The Hall–Kier alpha value is -2.54. The molecule has 6 heteroatoms. The maximum atomic E-state index is 6.36. The number of nitrogens with two attached hydrogens (primary N) is 1. The molecule has 0 radical (unpaired) electrons. The van der Waals surface area contributed by atoms with Gasteiger partial charge in [0.2, 0.25) is 0 Å². The Morgan fingerprint density at radius 3 is 2.47 bits per heavy atom. The molecule has 32 heavy (non-hydrogen) atoms. The first-order valence-corrected chi connectivity index (χ1v) is 11.7. The van der Waals surface area contributed by atoms with Crippen molar-refractivity contribution in [2.24, 2.45) is 5.73 Å². The Morgan fingerprint density at radius 1 is 0.938 bits per heavy atom. The molecular formula is C26H28BrNO4. The molecule has 3 aromatic carbocycles. The fourth-order valence-corrected chi connectivity index (χ4v) is 3.81. The summed E-state index contributed by atoms with van der Waals surface area (Å²) in [6, 6.07) is 23.3. The number of halogens is 1. The van der Waals surface area contributed by atoms with E-state index in [1.54, 1.807) is 0 Å². The van der Waals surface area contributed by atoms with Gasteiger partial charge in [0.25, 0.3) is 0 Å². The van der Waals surface area contributed by atoms with Crippen LogP contribution >= 0.6 is 15.9 Å². The molecule has 0 bridgehead atoms. The molecule has 0 spiro atoms. The third-order valence-corrected chi connectivity index (χ3v) is 5.94. The lowest BCUT2D eigenvalue weighted by molar-refractivity contribution is -0.105. The average Bonchev–Trinajstić information content (AvgIpc) is 2.84. The van der Waals surface area contributed by atoms with Crippen molar-refractivity contribution in [3.05, 3.63) is 88.4 Å². The normalized spacial score (nSPS) is 16.9. The minimum atomic E-state index is -0.268. The summed E-state index contributed by atoms with van der Waals surface area (Å²) in [5.41, 5.74) is 8.46. The SMILES string of the molecule is N[C@@H](COc1cc(OCc2ccccc2)ccc1Br)c1ccc(OC2CCCCO2)cc1. The first-order chi connectivity index (χ1) is 15.7. The second-order valence-electron chi connectivity index (χ2n) is 7.77. The van der Waals surface area contributed by atoms with E-state index in [9.17, 15) is 0 Å². The summed E-state index contributed by atoms with van der Waals surface area (Å²) in [4.78, 5) is 0. The number of hydrogen-bond acceptors (Lipinski definition) is 5. The summed E-state index contributed by atoms with van der Waals surface area (Å²) in [5.74, 6) is 2.23. The summed E-state index contributed by atoms with van der Waals surface area (Å²) in [7, 11) is 0. The first kappa shape index (κ1) is 22.6. The third kappa shape index (κ3) is 6.48. The van der Waals surface area contributed by atoms with Gasteiger partial charge >= 0.3 is 0 Å². The fourth-order valence-electron chi connectivity index (χ4n) is 3.45. The van der Waals surface area contributed by atoms with Gasteiger partial charge in [-0.2, -0.15) is 0 Å². The summed E-state index contributed by atoms with van der Waals surface area (Å²) in [6.45, 7) is 1.60. The van der Waals surface area contributed by atoms with Crippen molar-refractivity contribution < 1.29 is 18.9 Å². The lowest BCUT2D eigenvalue weighted by atomic mass is 10.1. The highest BCUT2D eigenvalue weighted by molar-refractivity contribution is 9.10. The topological polar surface area (TPSA) is 62.9 Å². The van der Waals surface area contributed by atoms with Crippen LogP contribution in [-0.4, -0.2) is 19.5 Å². The standard InChI is InChI=1S/C26H28BrNO4/c27-23-14-13-22(30-17-19-6-2-1-3-7-19)16-25(23)31-18-24(28)20-9-11-21(12-10-20)32-26-8-4-5-15-29-26/h1-3,6-7,9-14,16,24,26H,4-5,8,15,17-18,28H2/t24-,26?/m0/s1. The molecule has 3 aromatic rings. The second-order valence-corrected chi connectivity index (χ2v) is 8.62. The van der Waals surface area contributed by atoms with Crippen molar-refractivity contribution in [3.8, 4) is 17.2 Å². The Morgan fingerprint density at radius 2 is 1.72 bits per heavy atom. The Kier molecular flexibility index (Phi) is 8.04. The molecule has 1 aliphatic rings. The smallest absolute Gasteiger partial charge is 0.199 e. The zero-order chi connectivity index (χ0) is 22.2. The molecule has 1 heterocycles. The predicted molar refractivity (Wildman–Crippen MR) is 128 cm³/mol. The second kappa shape index (κ2) is 11.4. The molecule has 0 aliphatic carbocycles. The van der Waals surface area contributed by atoms with E-state index in [2.05, 4.69) is 15.9 Å². The lowest BCUT2D eigenvalue weighted by Crippen LogP contribution is -2.25. The van der Waals surface area contributed by atoms with Gasteiger partial charge in [0.05, 0.1) is 17.1 Å². The number of rotatable bonds is 9. The lowest BCUT2D eigenvalue weighted by Gasteiger charge is -2.23. The Bertz CT molecular complexity index is 975. The molecule has 0 amide bonds. The molecule has 2 N–H and O–H groups in total. The van der Waals surface area contributed by atoms with Crippen LogP contribution in [0.1, 0.15) is 36.4 Å².